The van der Waals surface area contributed by atoms with Crippen molar-refractivity contribution in [2.45, 2.75) is 6.92 Å². The summed E-state index contributed by atoms with van der Waals surface area (Å²) in [6.07, 6.45) is 0. The number of nitro benzene ring substituents is 1. The fraction of sp³-hybridized carbons (Fsp3) is 0.238. The molecule has 9 heteroatoms. The number of aromatic nitrogens is 1. The predicted molar refractivity (Wildman–Crippen MR) is 116 cm³/mol. The van der Waals surface area contributed by atoms with Gasteiger partial charge in [0.25, 0.3) is 11.6 Å². The second-order valence-electron chi connectivity index (χ2n) is 6.87. The zero-order valence-corrected chi connectivity index (χ0v) is 17.1. The molecule has 30 heavy (non-hydrogen) atoms. The summed E-state index contributed by atoms with van der Waals surface area (Å²) < 4.78 is 5.38. The largest absolute Gasteiger partial charge is 0.378 e. The molecule has 0 aliphatic carbocycles. The summed E-state index contributed by atoms with van der Waals surface area (Å²) in [6.45, 7) is 4.71. The quantitative estimate of drug-likeness (QED) is 0.489. The molecule has 0 bridgehead atoms. The molecule has 2 aromatic carbocycles. The Bertz CT molecular complexity index is 1070. The molecule has 0 saturated carbocycles. The number of rotatable bonds is 5. The Hall–Kier alpha value is -3.30. The van der Waals surface area contributed by atoms with Crippen LogP contribution in [0.5, 0.6) is 0 Å². The summed E-state index contributed by atoms with van der Waals surface area (Å²) in [6, 6.07) is 12.0. The number of morpholine rings is 1. The number of benzene rings is 2. The minimum atomic E-state index is -0.526. The van der Waals surface area contributed by atoms with Gasteiger partial charge in [-0.1, -0.05) is 24.3 Å². The highest BCUT2D eigenvalue weighted by atomic mass is 32.1. The van der Waals surface area contributed by atoms with Crippen molar-refractivity contribution in [3.63, 3.8) is 0 Å². The molecule has 1 saturated heterocycles. The SMILES string of the molecule is Cc1cccc(C(=O)Nc2ccc(-c3csc(N4CCOCC4)n3)cc2)c1[N+](=O)[O-]. The van der Waals surface area contributed by atoms with E-state index < -0.39 is 10.8 Å². The van der Waals surface area contributed by atoms with Crippen LogP contribution < -0.4 is 10.2 Å². The van der Waals surface area contributed by atoms with Crippen LogP contribution in [0, 0.1) is 17.0 Å². The standard InChI is InChI=1S/C21H20N4O4S/c1-14-3-2-4-17(19(14)25(27)28)20(26)22-16-7-5-15(6-8-16)18-13-30-21(23-18)24-9-11-29-12-10-24/h2-8,13H,9-12H2,1H3,(H,22,26). The number of ether oxygens (including phenoxy) is 1. The van der Waals surface area contributed by atoms with Gasteiger partial charge in [-0.2, -0.15) is 0 Å². The van der Waals surface area contributed by atoms with Gasteiger partial charge in [-0.05, 0) is 25.1 Å². The van der Waals surface area contributed by atoms with Gasteiger partial charge in [-0.15, -0.1) is 11.3 Å². The number of amides is 1. The number of hydrogen-bond acceptors (Lipinski definition) is 7. The van der Waals surface area contributed by atoms with Crippen LogP contribution in [0.2, 0.25) is 0 Å². The number of aryl methyl sites for hydroxylation is 1. The highest BCUT2D eigenvalue weighted by Gasteiger charge is 2.22. The summed E-state index contributed by atoms with van der Waals surface area (Å²) in [5.41, 5.74) is 2.67. The van der Waals surface area contributed by atoms with Crippen LogP contribution in [0.4, 0.5) is 16.5 Å². The van der Waals surface area contributed by atoms with Gasteiger partial charge < -0.3 is 15.0 Å². The molecular weight excluding hydrogens is 404 g/mol. The van der Waals surface area contributed by atoms with E-state index in [0.29, 0.717) is 24.5 Å². The molecule has 1 aromatic heterocycles. The number of nitrogens with zero attached hydrogens (tertiary/aromatic N) is 3. The molecule has 2 heterocycles. The van der Waals surface area contributed by atoms with E-state index in [-0.39, 0.29) is 11.3 Å². The highest BCUT2D eigenvalue weighted by Crippen LogP contribution is 2.29. The Balaban J connectivity index is 1.48. The molecule has 0 atom stereocenters. The number of thiazole rings is 1. The van der Waals surface area contributed by atoms with Crippen LogP contribution in [0.1, 0.15) is 15.9 Å². The first-order valence-electron chi connectivity index (χ1n) is 9.47. The molecule has 154 valence electrons. The molecule has 0 unspecified atom stereocenters. The van der Waals surface area contributed by atoms with Gasteiger partial charge in [0.05, 0.1) is 23.8 Å². The number of nitro groups is 1. The number of nitrogens with one attached hydrogen (secondary N) is 1. The Morgan fingerprint density at radius 1 is 1.20 bits per heavy atom. The van der Waals surface area contributed by atoms with Crippen LogP contribution in [-0.4, -0.2) is 42.1 Å². The van der Waals surface area contributed by atoms with Gasteiger partial charge in [0.15, 0.2) is 5.13 Å². The zero-order chi connectivity index (χ0) is 21.1. The smallest absolute Gasteiger partial charge is 0.285 e. The Labute approximate surface area is 177 Å². The molecule has 0 radical (unpaired) electrons. The monoisotopic (exact) mass is 424 g/mol. The molecule has 1 aliphatic heterocycles. The molecule has 4 rings (SSSR count). The summed E-state index contributed by atoms with van der Waals surface area (Å²) in [4.78, 5) is 30.3. The maximum absolute atomic E-state index is 12.6. The summed E-state index contributed by atoms with van der Waals surface area (Å²) >= 11 is 1.59. The number of hydrogen-bond donors (Lipinski definition) is 1. The molecule has 3 aromatic rings. The van der Waals surface area contributed by atoms with Crippen molar-refractivity contribution in [2.24, 2.45) is 0 Å². The molecule has 0 spiro atoms. The predicted octanol–water partition coefficient (Wildman–Crippen LogP) is 4.12. The van der Waals surface area contributed by atoms with E-state index >= 15 is 0 Å². The van der Waals surface area contributed by atoms with E-state index in [1.54, 1.807) is 42.5 Å². The van der Waals surface area contributed by atoms with E-state index in [9.17, 15) is 14.9 Å². The normalized spacial score (nSPS) is 13.8. The van der Waals surface area contributed by atoms with Gasteiger partial charge in [-0.25, -0.2) is 4.98 Å². The van der Waals surface area contributed by atoms with Crippen molar-refractivity contribution in [2.75, 3.05) is 36.5 Å². The minimum Gasteiger partial charge on any atom is -0.378 e. The maximum Gasteiger partial charge on any atom is 0.285 e. The Morgan fingerprint density at radius 2 is 1.93 bits per heavy atom. The van der Waals surface area contributed by atoms with Crippen LogP contribution >= 0.6 is 11.3 Å². The topological polar surface area (TPSA) is 97.6 Å². The van der Waals surface area contributed by atoms with Crippen molar-refractivity contribution in [1.29, 1.82) is 0 Å². The third-order valence-electron chi connectivity index (χ3n) is 4.88. The summed E-state index contributed by atoms with van der Waals surface area (Å²) in [5, 5.41) is 17.0. The lowest BCUT2D eigenvalue weighted by atomic mass is 10.1. The first kappa shape index (κ1) is 20.0. The first-order chi connectivity index (χ1) is 14.5. The third kappa shape index (κ3) is 4.17. The second kappa shape index (κ2) is 8.60. The lowest BCUT2D eigenvalue weighted by molar-refractivity contribution is -0.385. The van der Waals surface area contributed by atoms with Crippen molar-refractivity contribution < 1.29 is 14.5 Å². The van der Waals surface area contributed by atoms with E-state index in [4.69, 9.17) is 9.72 Å². The number of para-hydroxylation sites is 1. The average molecular weight is 424 g/mol. The van der Waals surface area contributed by atoms with Crippen LogP contribution in [0.25, 0.3) is 11.3 Å². The lowest BCUT2D eigenvalue weighted by Gasteiger charge is -2.26. The summed E-state index contributed by atoms with van der Waals surface area (Å²) in [5.74, 6) is -0.513. The molecule has 1 fully saturated rings. The van der Waals surface area contributed by atoms with Crippen LogP contribution in [-0.2, 0) is 4.74 Å². The van der Waals surface area contributed by atoms with E-state index in [1.165, 1.54) is 6.07 Å². The van der Waals surface area contributed by atoms with Crippen molar-refractivity contribution in [1.82, 2.24) is 4.98 Å². The fourth-order valence-electron chi connectivity index (χ4n) is 3.30. The Kier molecular flexibility index (Phi) is 5.73. The maximum atomic E-state index is 12.6. The molecule has 1 amide bonds. The summed E-state index contributed by atoms with van der Waals surface area (Å²) in [7, 11) is 0. The zero-order valence-electron chi connectivity index (χ0n) is 16.3. The van der Waals surface area contributed by atoms with Crippen molar-refractivity contribution in [3.05, 3.63) is 69.1 Å². The van der Waals surface area contributed by atoms with Crippen molar-refractivity contribution >= 4 is 33.8 Å². The lowest BCUT2D eigenvalue weighted by Crippen LogP contribution is -2.36. The Morgan fingerprint density at radius 3 is 2.63 bits per heavy atom. The minimum absolute atomic E-state index is 0.0405. The van der Waals surface area contributed by atoms with Gasteiger partial charge in [0.2, 0.25) is 0 Å². The molecular formula is C21H20N4O4S. The van der Waals surface area contributed by atoms with Crippen molar-refractivity contribution in [3.8, 4) is 11.3 Å². The first-order valence-corrected chi connectivity index (χ1v) is 10.3. The number of carbonyl (C=O) groups excluding carboxylic acids is 1. The van der Waals surface area contributed by atoms with Gasteiger partial charge in [-0.3, -0.25) is 14.9 Å². The third-order valence-corrected chi connectivity index (χ3v) is 5.78. The number of anilines is 2. The van der Waals surface area contributed by atoms with E-state index in [0.717, 1.165) is 29.5 Å². The number of carbonyl (C=O) groups is 1. The fourth-order valence-corrected chi connectivity index (χ4v) is 4.19. The van der Waals surface area contributed by atoms with Crippen LogP contribution in [0.3, 0.4) is 0 Å². The van der Waals surface area contributed by atoms with Gasteiger partial charge in [0, 0.05) is 35.3 Å². The van der Waals surface area contributed by atoms with Gasteiger partial charge in [0.1, 0.15) is 5.56 Å². The van der Waals surface area contributed by atoms with E-state index in [2.05, 4.69) is 10.2 Å². The second-order valence-corrected chi connectivity index (χ2v) is 7.71. The van der Waals surface area contributed by atoms with Crippen LogP contribution in [0.15, 0.2) is 47.8 Å². The molecule has 1 N–H and O–H groups in total. The van der Waals surface area contributed by atoms with E-state index in [1.807, 2.05) is 17.5 Å². The average Bonchev–Trinajstić information content (AvgIpc) is 3.25. The highest BCUT2D eigenvalue weighted by molar-refractivity contribution is 7.14. The van der Waals surface area contributed by atoms with Gasteiger partial charge >= 0.3 is 0 Å². The molecule has 8 nitrogen and oxygen atoms in total. The molecule has 1 aliphatic rings.